The van der Waals surface area contributed by atoms with Crippen LogP contribution in [0.15, 0.2) is 48.8 Å². The van der Waals surface area contributed by atoms with Crippen LogP contribution in [0.2, 0.25) is 0 Å². The Hall–Kier alpha value is -3.02. The Balaban J connectivity index is 1.74. The molecule has 2 aromatic carbocycles. The Labute approximate surface area is 138 Å². The third-order valence-corrected chi connectivity index (χ3v) is 3.61. The van der Waals surface area contributed by atoms with Gasteiger partial charge in [0.1, 0.15) is 18.0 Å². The van der Waals surface area contributed by atoms with Gasteiger partial charge in [0.05, 0.1) is 5.52 Å². The number of para-hydroxylation sites is 1. The molecule has 24 heavy (non-hydrogen) atoms. The minimum atomic E-state index is -0.323. The second-order valence-corrected chi connectivity index (χ2v) is 5.40. The van der Waals surface area contributed by atoms with Gasteiger partial charge in [-0.25, -0.2) is 14.4 Å². The Morgan fingerprint density at radius 1 is 1.17 bits per heavy atom. The van der Waals surface area contributed by atoms with Crippen molar-refractivity contribution in [3.63, 3.8) is 0 Å². The number of carbonyl (C=O) groups is 1. The first-order chi connectivity index (χ1) is 11.6. The number of benzene rings is 2. The van der Waals surface area contributed by atoms with Gasteiger partial charge >= 0.3 is 0 Å². The summed E-state index contributed by atoms with van der Waals surface area (Å²) in [5, 5.41) is 6.68. The number of fused-ring (bicyclic) bond motifs is 1. The van der Waals surface area contributed by atoms with Crippen molar-refractivity contribution in [2.24, 2.45) is 0 Å². The molecule has 2 N–H and O–H groups in total. The second-order valence-electron chi connectivity index (χ2n) is 5.40. The molecule has 3 aromatic rings. The fourth-order valence-corrected chi connectivity index (χ4v) is 2.54. The molecule has 0 aliphatic rings. The van der Waals surface area contributed by atoms with Crippen LogP contribution >= 0.6 is 0 Å². The number of nitrogens with zero attached hydrogens (tertiary/aromatic N) is 2. The van der Waals surface area contributed by atoms with E-state index >= 15 is 0 Å². The highest BCUT2D eigenvalue weighted by Gasteiger charge is 2.06. The van der Waals surface area contributed by atoms with E-state index in [0.717, 1.165) is 11.3 Å². The van der Waals surface area contributed by atoms with Gasteiger partial charge in [0.15, 0.2) is 0 Å². The van der Waals surface area contributed by atoms with Crippen molar-refractivity contribution in [2.75, 3.05) is 17.2 Å². The van der Waals surface area contributed by atoms with E-state index in [1.54, 1.807) is 6.07 Å². The summed E-state index contributed by atoms with van der Waals surface area (Å²) >= 11 is 0. The fourth-order valence-electron chi connectivity index (χ4n) is 2.54. The summed E-state index contributed by atoms with van der Waals surface area (Å²) in [5.41, 5.74) is 2.50. The van der Waals surface area contributed by atoms with Crippen LogP contribution in [-0.4, -0.2) is 22.4 Å². The fraction of sp³-hybridized carbons (Fsp3) is 0.167. The van der Waals surface area contributed by atoms with Crippen LogP contribution in [0.4, 0.5) is 15.9 Å². The molecule has 0 spiro atoms. The molecule has 0 aliphatic carbocycles. The van der Waals surface area contributed by atoms with Crippen LogP contribution < -0.4 is 10.6 Å². The van der Waals surface area contributed by atoms with Gasteiger partial charge in [-0.1, -0.05) is 18.2 Å². The number of rotatable bonds is 5. The maximum atomic E-state index is 13.5. The van der Waals surface area contributed by atoms with E-state index in [9.17, 15) is 9.18 Å². The van der Waals surface area contributed by atoms with Gasteiger partial charge in [-0.3, -0.25) is 4.79 Å². The predicted octanol–water partition coefficient (Wildman–Crippen LogP) is 3.38. The molecule has 1 heterocycles. The predicted molar refractivity (Wildman–Crippen MR) is 92.4 cm³/mol. The molecule has 0 saturated carbocycles. The van der Waals surface area contributed by atoms with Crippen LogP contribution in [0.3, 0.4) is 0 Å². The first-order valence-corrected chi connectivity index (χ1v) is 7.63. The molecule has 0 radical (unpaired) electrons. The average molecular weight is 324 g/mol. The molecule has 1 amide bonds. The number of halogens is 1. The van der Waals surface area contributed by atoms with Crippen LogP contribution in [0.5, 0.6) is 0 Å². The first kappa shape index (κ1) is 15.9. The largest absolute Gasteiger partial charge is 0.369 e. The normalized spacial score (nSPS) is 10.6. The van der Waals surface area contributed by atoms with E-state index in [0.29, 0.717) is 29.7 Å². The van der Waals surface area contributed by atoms with Crippen molar-refractivity contribution in [2.45, 2.75) is 13.3 Å². The minimum Gasteiger partial charge on any atom is -0.369 e. The summed E-state index contributed by atoms with van der Waals surface area (Å²) in [6, 6.07) is 12.1. The molecule has 0 saturated heterocycles. The molecule has 0 atom stereocenters. The van der Waals surface area contributed by atoms with Gasteiger partial charge in [0.2, 0.25) is 5.91 Å². The van der Waals surface area contributed by atoms with Crippen LogP contribution in [-0.2, 0) is 11.2 Å². The number of hydrogen-bond acceptors (Lipinski definition) is 4. The van der Waals surface area contributed by atoms with Crippen molar-refractivity contribution in [1.29, 1.82) is 0 Å². The summed E-state index contributed by atoms with van der Waals surface area (Å²) in [5.74, 6) is 0.167. The van der Waals surface area contributed by atoms with E-state index in [4.69, 9.17) is 0 Å². The Morgan fingerprint density at radius 3 is 2.83 bits per heavy atom. The third-order valence-electron chi connectivity index (χ3n) is 3.61. The van der Waals surface area contributed by atoms with E-state index in [2.05, 4.69) is 20.6 Å². The van der Waals surface area contributed by atoms with Crippen molar-refractivity contribution in [3.8, 4) is 0 Å². The molecular formula is C18H17FN4O. The van der Waals surface area contributed by atoms with Gasteiger partial charge in [-0.2, -0.15) is 0 Å². The second kappa shape index (κ2) is 7.04. The Bertz CT molecular complexity index is 882. The van der Waals surface area contributed by atoms with Gasteiger partial charge in [0.25, 0.3) is 0 Å². The zero-order valence-corrected chi connectivity index (χ0v) is 13.2. The molecule has 122 valence electrons. The van der Waals surface area contributed by atoms with Gasteiger partial charge < -0.3 is 10.6 Å². The third kappa shape index (κ3) is 3.65. The van der Waals surface area contributed by atoms with Gasteiger partial charge in [-0.05, 0) is 36.2 Å². The monoisotopic (exact) mass is 324 g/mol. The van der Waals surface area contributed by atoms with E-state index in [1.165, 1.54) is 25.4 Å². The SMILES string of the molecule is CC(=O)Nc1ccccc1CCNc1ncnc2ccc(F)cc12. The zero-order valence-electron chi connectivity index (χ0n) is 13.2. The molecule has 0 fully saturated rings. The summed E-state index contributed by atoms with van der Waals surface area (Å²) in [7, 11) is 0. The van der Waals surface area contributed by atoms with Gasteiger partial charge in [-0.15, -0.1) is 0 Å². The van der Waals surface area contributed by atoms with E-state index in [1.807, 2.05) is 24.3 Å². The quantitative estimate of drug-likeness (QED) is 0.755. The molecule has 5 nitrogen and oxygen atoms in total. The van der Waals surface area contributed by atoms with E-state index in [-0.39, 0.29) is 11.7 Å². The van der Waals surface area contributed by atoms with Crippen molar-refractivity contribution < 1.29 is 9.18 Å². The number of anilines is 2. The molecular weight excluding hydrogens is 307 g/mol. The summed E-state index contributed by atoms with van der Waals surface area (Å²) in [6.45, 7) is 2.08. The smallest absolute Gasteiger partial charge is 0.221 e. The molecule has 3 rings (SSSR count). The lowest BCUT2D eigenvalue weighted by Gasteiger charge is -2.11. The minimum absolute atomic E-state index is 0.104. The van der Waals surface area contributed by atoms with Crippen LogP contribution in [0.25, 0.3) is 10.9 Å². The van der Waals surface area contributed by atoms with Crippen molar-refractivity contribution in [1.82, 2.24) is 9.97 Å². The summed E-state index contributed by atoms with van der Waals surface area (Å²) in [6.07, 6.45) is 2.14. The lowest BCUT2D eigenvalue weighted by atomic mass is 10.1. The Kier molecular flexibility index (Phi) is 4.65. The maximum Gasteiger partial charge on any atom is 0.221 e. The number of carbonyl (C=O) groups excluding carboxylic acids is 1. The number of aromatic nitrogens is 2. The molecule has 0 unspecified atom stereocenters. The summed E-state index contributed by atoms with van der Waals surface area (Å²) < 4.78 is 13.5. The number of hydrogen-bond donors (Lipinski definition) is 2. The first-order valence-electron chi connectivity index (χ1n) is 7.63. The summed E-state index contributed by atoms with van der Waals surface area (Å²) in [4.78, 5) is 19.6. The molecule has 1 aromatic heterocycles. The highest BCUT2D eigenvalue weighted by Crippen LogP contribution is 2.21. The zero-order chi connectivity index (χ0) is 16.9. The molecule has 0 bridgehead atoms. The lowest BCUT2D eigenvalue weighted by molar-refractivity contribution is -0.114. The average Bonchev–Trinajstić information content (AvgIpc) is 2.56. The highest BCUT2D eigenvalue weighted by molar-refractivity contribution is 5.90. The standard InChI is InChI=1S/C18H17FN4O/c1-12(24)23-16-5-3-2-4-13(16)8-9-20-18-15-10-14(19)6-7-17(15)21-11-22-18/h2-7,10-11H,8-9H2,1H3,(H,23,24)(H,20,21,22). The van der Waals surface area contributed by atoms with Gasteiger partial charge in [0, 0.05) is 24.5 Å². The maximum absolute atomic E-state index is 13.5. The number of nitrogens with one attached hydrogen (secondary N) is 2. The van der Waals surface area contributed by atoms with Crippen LogP contribution in [0.1, 0.15) is 12.5 Å². The van der Waals surface area contributed by atoms with Crippen molar-refractivity contribution in [3.05, 3.63) is 60.2 Å². The van der Waals surface area contributed by atoms with E-state index < -0.39 is 0 Å². The Morgan fingerprint density at radius 2 is 2.00 bits per heavy atom. The lowest BCUT2D eigenvalue weighted by Crippen LogP contribution is -2.11. The van der Waals surface area contributed by atoms with Crippen LogP contribution in [0, 0.1) is 5.82 Å². The molecule has 6 heteroatoms. The topological polar surface area (TPSA) is 66.9 Å². The molecule has 0 aliphatic heterocycles. The number of amides is 1. The van der Waals surface area contributed by atoms with Crippen molar-refractivity contribution >= 4 is 28.3 Å². The highest BCUT2D eigenvalue weighted by atomic mass is 19.1.